The van der Waals surface area contributed by atoms with E-state index in [2.05, 4.69) is 26.7 Å². The number of hydrogen-bond donors (Lipinski definition) is 1. The second kappa shape index (κ2) is 6.91. The molecule has 0 radical (unpaired) electrons. The highest BCUT2D eigenvalue weighted by Gasteiger charge is 2.35. The Kier molecular flexibility index (Phi) is 5.42. The van der Waals surface area contributed by atoms with Crippen LogP contribution in [0.2, 0.25) is 0 Å². The molecule has 4 nitrogen and oxygen atoms in total. The van der Waals surface area contributed by atoms with Crippen LogP contribution in [0.1, 0.15) is 44.9 Å². The summed E-state index contributed by atoms with van der Waals surface area (Å²) in [4.78, 5) is 0.188. The fraction of sp³-hybridized carbons (Fsp3) is 0.533. The van der Waals surface area contributed by atoms with Crippen molar-refractivity contribution in [1.29, 1.82) is 5.26 Å². The molecule has 1 aromatic rings. The molecule has 0 atom stereocenters. The van der Waals surface area contributed by atoms with Crippen molar-refractivity contribution >= 4 is 26.0 Å². The molecule has 1 fully saturated rings. The van der Waals surface area contributed by atoms with Crippen molar-refractivity contribution in [3.8, 4) is 6.07 Å². The molecule has 0 spiro atoms. The Balaban J connectivity index is 2.26. The smallest absolute Gasteiger partial charge is 0.207 e. The Bertz CT molecular complexity index is 629. The summed E-state index contributed by atoms with van der Waals surface area (Å²) < 4.78 is 28.4. The van der Waals surface area contributed by atoms with E-state index in [1.165, 1.54) is 6.42 Å². The number of sulfonamides is 1. The normalized spacial score (nSPS) is 19.2. The Morgan fingerprint density at radius 1 is 1.14 bits per heavy atom. The van der Waals surface area contributed by atoms with Crippen LogP contribution in [0, 0.1) is 11.3 Å². The van der Waals surface area contributed by atoms with E-state index < -0.39 is 15.6 Å². The zero-order valence-electron chi connectivity index (χ0n) is 11.8. The van der Waals surface area contributed by atoms with Crippen LogP contribution in [-0.4, -0.2) is 14.0 Å². The van der Waals surface area contributed by atoms with Gasteiger partial charge in [0.15, 0.2) is 0 Å². The van der Waals surface area contributed by atoms with Gasteiger partial charge in [0.05, 0.1) is 11.0 Å². The van der Waals surface area contributed by atoms with Gasteiger partial charge in [-0.05, 0) is 31.0 Å². The van der Waals surface area contributed by atoms with Crippen molar-refractivity contribution in [3.63, 3.8) is 0 Å². The first-order valence-electron chi connectivity index (χ1n) is 7.18. The Labute approximate surface area is 134 Å². The SMILES string of the molecule is N#CC1(NS(=O)(=O)c2cccc(Br)c2)CCCCCCC1. The van der Waals surface area contributed by atoms with E-state index in [-0.39, 0.29) is 4.90 Å². The van der Waals surface area contributed by atoms with Crippen molar-refractivity contribution in [2.24, 2.45) is 0 Å². The molecule has 0 saturated heterocycles. The average molecular weight is 371 g/mol. The first kappa shape index (κ1) is 16.5. The van der Waals surface area contributed by atoms with Crippen LogP contribution in [0.15, 0.2) is 33.6 Å². The van der Waals surface area contributed by atoms with Crippen LogP contribution >= 0.6 is 15.9 Å². The molecule has 0 heterocycles. The van der Waals surface area contributed by atoms with Crippen molar-refractivity contribution < 1.29 is 8.42 Å². The fourth-order valence-corrected chi connectivity index (χ4v) is 4.67. The lowest BCUT2D eigenvalue weighted by Crippen LogP contribution is -2.47. The van der Waals surface area contributed by atoms with Gasteiger partial charge in [0.25, 0.3) is 0 Å². The lowest BCUT2D eigenvalue weighted by Gasteiger charge is -2.29. The summed E-state index contributed by atoms with van der Waals surface area (Å²) in [5.74, 6) is 0. The van der Waals surface area contributed by atoms with Crippen LogP contribution in [-0.2, 0) is 10.0 Å². The topological polar surface area (TPSA) is 70.0 Å². The zero-order valence-corrected chi connectivity index (χ0v) is 14.2. The minimum atomic E-state index is -3.68. The highest BCUT2D eigenvalue weighted by molar-refractivity contribution is 9.10. The van der Waals surface area contributed by atoms with Crippen LogP contribution in [0.4, 0.5) is 0 Å². The fourth-order valence-electron chi connectivity index (χ4n) is 2.70. The molecule has 21 heavy (non-hydrogen) atoms. The number of benzene rings is 1. The molecule has 1 aliphatic carbocycles. The molecule has 2 rings (SSSR count). The van der Waals surface area contributed by atoms with E-state index >= 15 is 0 Å². The van der Waals surface area contributed by atoms with Gasteiger partial charge in [-0.2, -0.15) is 9.98 Å². The summed E-state index contributed by atoms with van der Waals surface area (Å²) in [6.45, 7) is 0. The maximum atomic E-state index is 12.5. The second-order valence-electron chi connectivity index (χ2n) is 5.52. The van der Waals surface area contributed by atoms with Gasteiger partial charge in [0, 0.05) is 4.47 Å². The minimum Gasteiger partial charge on any atom is -0.207 e. The maximum Gasteiger partial charge on any atom is 0.241 e. The molecule has 0 amide bonds. The first-order chi connectivity index (χ1) is 9.97. The molecule has 0 bridgehead atoms. The predicted octanol–water partition coefficient (Wildman–Crippen LogP) is 3.73. The standard InChI is InChI=1S/C15H19BrN2O2S/c16-13-7-6-8-14(11-13)21(19,20)18-15(12-17)9-4-2-1-3-5-10-15/h6-8,11,18H,1-5,9-10H2. The van der Waals surface area contributed by atoms with Gasteiger partial charge < -0.3 is 0 Å². The number of hydrogen-bond acceptors (Lipinski definition) is 3. The Morgan fingerprint density at radius 3 is 2.33 bits per heavy atom. The third kappa shape index (κ3) is 4.29. The molecule has 1 aromatic carbocycles. The minimum absolute atomic E-state index is 0.188. The van der Waals surface area contributed by atoms with Crippen LogP contribution in [0.25, 0.3) is 0 Å². The van der Waals surface area contributed by atoms with E-state index in [0.29, 0.717) is 17.3 Å². The van der Waals surface area contributed by atoms with Gasteiger partial charge in [0.1, 0.15) is 5.54 Å². The Hall–Kier alpha value is -0.900. The molecule has 1 saturated carbocycles. The number of rotatable bonds is 3. The predicted molar refractivity (Wildman–Crippen MR) is 85.1 cm³/mol. The molecule has 0 unspecified atom stereocenters. The average Bonchev–Trinajstić information content (AvgIpc) is 2.42. The molecule has 0 aliphatic heterocycles. The highest BCUT2D eigenvalue weighted by Crippen LogP contribution is 2.28. The van der Waals surface area contributed by atoms with E-state index in [1.807, 2.05) is 0 Å². The molecular formula is C15H19BrN2O2S. The van der Waals surface area contributed by atoms with Gasteiger partial charge in [0.2, 0.25) is 10.0 Å². The van der Waals surface area contributed by atoms with Crippen molar-refractivity contribution in [1.82, 2.24) is 4.72 Å². The van der Waals surface area contributed by atoms with Gasteiger partial charge >= 0.3 is 0 Å². The van der Waals surface area contributed by atoms with E-state index in [9.17, 15) is 13.7 Å². The highest BCUT2D eigenvalue weighted by atomic mass is 79.9. The largest absolute Gasteiger partial charge is 0.241 e. The van der Waals surface area contributed by atoms with E-state index in [0.717, 1.165) is 25.7 Å². The number of halogens is 1. The maximum absolute atomic E-state index is 12.5. The number of nitrogens with zero attached hydrogens (tertiary/aromatic N) is 1. The molecule has 0 aromatic heterocycles. The number of nitrogens with one attached hydrogen (secondary N) is 1. The van der Waals surface area contributed by atoms with Crippen LogP contribution in [0.5, 0.6) is 0 Å². The van der Waals surface area contributed by atoms with Crippen molar-refractivity contribution in [2.75, 3.05) is 0 Å². The quantitative estimate of drug-likeness (QED) is 0.880. The third-order valence-corrected chi connectivity index (χ3v) is 5.88. The summed E-state index contributed by atoms with van der Waals surface area (Å²) in [5.41, 5.74) is -0.971. The number of nitriles is 1. The Morgan fingerprint density at radius 2 is 1.76 bits per heavy atom. The summed E-state index contributed by atoms with van der Waals surface area (Å²) >= 11 is 3.28. The van der Waals surface area contributed by atoms with Gasteiger partial charge in [-0.1, -0.05) is 54.1 Å². The lowest BCUT2D eigenvalue weighted by atomic mass is 9.86. The summed E-state index contributed by atoms with van der Waals surface area (Å²) in [5, 5.41) is 9.54. The van der Waals surface area contributed by atoms with E-state index in [1.54, 1.807) is 24.3 Å². The van der Waals surface area contributed by atoms with Gasteiger partial charge in [-0.3, -0.25) is 0 Å². The zero-order chi connectivity index (χ0) is 15.3. The molecule has 1 aliphatic rings. The van der Waals surface area contributed by atoms with Gasteiger partial charge in [-0.15, -0.1) is 0 Å². The van der Waals surface area contributed by atoms with Gasteiger partial charge in [-0.25, -0.2) is 8.42 Å². The monoisotopic (exact) mass is 370 g/mol. The summed E-state index contributed by atoms with van der Waals surface area (Å²) in [6, 6.07) is 8.77. The molecular weight excluding hydrogens is 352 g/mol. The summed E-state index contributed by atoms with van der Waals surface area (Å²) in [7, 11) is -3.68. The molecule has 6 heteroatoms. The van der Waals surface area contributed by atoms with Crippen LogP contribution in [0.3, 0.4) is 0 Å². The third-order valence-electron chi connectivity index (χ3n) is 3.86. The summed E-state index contributed by atoms with van der Waals surface area (Å²) in [6.07, 6.45) is 6.21. The van der Waals surface area contributed by atoms with Crippen LogP contribution < -0.4 is 4.72 Å². The molecule has 1 N–H and O–H groups in total. The van der Waals surface area contributed by atoms with E-state index in [4.69, 9.17) is 0 Å². The van der Waals surface area contributed by atoms with Crippen molar-refractivity contribution in [2.45, 2.75) is 55.4 Å². The van der Waals surface area contributed by atoms with Crippen molar-refractivity contribution in [3.05, 3.63) is 28.7 Å². The second-order valence-corrected chi connectivity index (χ2v) is 8.12. The molecule has 114 valence electrons. The lowest BCUT2D eigenvalue weighted by molar-refractivity contribution is 0.357. The first-order valence-corrected chi connectivity index (χ1v) is 9.46.